The molecule has 0 saturated heterocycles. The number of fused-ring (bicyclic) bond motifs is 1. The van der Waals surface area contributed by atoms with Crippen molar-refractivity contribution in [2.24, 2.45) is 0 Å². The second-order valence-corrected chi connectivity index (χ2v) is 6.39. The van der Waals surface area contributed by atoms with E-state index in [0.29, 0.717) is 5.56 Å². The topological polar surface area (TPSA) is 102 Å². The number of nitrogens with one attached hydrogen (secondary N) is 2. The van der Waals surface area contributed by atoms with Gasteiger partial charge in [-0.2, -0.15) is 0 Å². The van der Waals surface area contributed by atoms with Gasteiger partial charge in [0.25, 0.3) is 5.91 Å². The molecule has 8 nitrogen and oxygen atoms in total. The Morgan fingerprint density at radius 1 is 1.04 bits per heavy atom. The fraction of sp³-hybridized carbons (Fsp3) is 0.211. The molecule has 1 atom stereocenters. The van der Waals surface area contributed by atoms with E-state index in [2.05, 4.69) is 32.4 Å². The van der Waals surface area contributed by atoms with Crippen molar-refractivity contribution in [1.29, 1.82) is 0 Å². The lowest BCUT2D eigenvalue weighted by Gasteiger charge is -2.24. The number of hydrogen-bond acceptors (Lipinski definition) is 5. The van der Waals surface area contributed by atoms with E-state index in [1.807, 2.05) is 18.2 Å². The van der Waals surface area contributed by atoms with Crippen molar-refractivity contribution >= 4 is 11.8 Å². The zero-order valence-corrected chi connectivity index (χ0v) is 14.5. The summed E-state index contributed by atoms with van der Waals surface area (Å²) < 4.78 is 1.49. The van der Waals surface area contributed by atoms with Crippen LogP contribution in [0, 0.1) is 0 Å². The molecule has 2 amide bonds. The first-order valence-electron chi connectivity index (χ1n) is 8.74. The van der Waals surface area contributed by atoms with Crippen LogP contribution in [0.25, 0.3) is 5.69 Å². The fourth-order valence-electron chi connectivity index (χ4n) is 3.35. The number of nitrogens with zero attached hydrogens (tertiary/aromatic N) is 4. The lowest BCUT2D eigenvalue weighted by atomic mass is 9.82. The van der Waals surface area contributed by atoms with E-state index in [1.54, 1.807) is 24.3 Å². The van der Waals surface area contributed by atoms with Crippen LogP contribution in [-0.4, -0.2) is 32.0 Å². The van der Waals surface area contributed by atoms with Gasteiger partial charge in [0.2, 0.25) is 5.91 Å². The molecule has 2 N–H and O–H groups in total. The normalized spacial score (nSPS) is 15.6. The molecule has 27 heavy (non-hydrogen) atoms. The molecule has 1 unspecified atom stereocenters. The Morgan fingerprint density at radius 3 is 2.63 bits per heavy atom. The molecule has 4 rings (SSSR count). The number of hydrazine groups is 1. The summed E-state index contributed by atoms with van der Waals surface area (Å²) in [6, 6.07) is 14.7. The van der Waals surface area contributed by atoms with Gasteiger partial charge in [0.1, 0.15) is 6.33 Å². The molecule has 136 valence electrons. The van der Waals surface area contributed by atoms with Crippen LogP contribution in [0.5, 0.6) is 0 Å². The highest BCUT2D eigenvalue weighted by Crippen LogP contribution is 2.31. The Bertz CT molecular complexity index is 953. The average Bonchev–Trinajstić information content (AvgIpc) is 3.26. The Balaban J connectivity index is 1.39. The molecule has 2 aromatic carbocycles. The van der Waals surface area contributed by atoms with Crippen molar-refractivity contribution in [3.8, 4) is 5.69 Å². The van der Waals surface area contributed by atoms with Gasteiger partial charge in [0.15, 0.2) is 0 Å². The van der Waals surface area contributed by atoms with Crippen molar-refractivity contribution in [2.45, 2.75) is 25.2 Å². The van der Waals surface area contributed by atoms with Gasteiger partial charge in [-0.3, -0.25) is 20.4 Å². The monoisotopic (exact) mass is 362 g/mol. The number of amides is 2. The SMILES string of the molecule is O=C(NNC(=O)C1CCCc2ccccc21)c1ccc(-n2cnnn2)cc1. The predicted molar refractivity (Wildman–Crippen MR) is 96.9 cm³/mol. The van der Waals surface area contributed by atoms with E-state index < -0.39 is 0 Å². The van der Waals surface area contributed by atoms with Gasteiger partial charge >= 0.3 is 0 Å². The number of aryl methyl sites for hydroxylation is 1. The molecule has 1 aliphatic rings. The Hall–Kier alpha value is -3.55. The van der Waals surface area contributed by atoms with Crippen molar-refractivity contribution in [3.63, 3.8) is 0 Å². The first-order valence-corrected chi connectivity index (χ1v) is 8.74. The minimum absolute atomic E-state index is 0.194. The van der Waals surface area contributed by atoms with E-state index in [1.165, 1.54) is 16.6 Å². The van der Waals surface area contributed by atoms with Gasteiger partial charge in [0.05, 0.1) is 11.6 Å². The summed E-state index contributed by atoms with van der Waals surface area (Å²) in [6.07, 6.45) is 4.19. The minimum Gasteiger partial charge on any atom is -0.273 e. The number of benzene rings is 2. The third kappa shape index (κ3) is 3.55. The van der Waals surface area contributed by atoms with Crippen LogP contribution in [0.3, 0.4) is 0 Å². The molecule has 0 radical (unpaired) electrons. The number of carbonyl (C=O) groups excluding carboxylic acids is 2. The van der Waals surface area contributed by atoms with Crippen molar-refractivity contribution < 1.29 is 9.59 Å². The quantitative estimate of drug-likeness (QED) is 0.688. The van der Waals surface area contributed by atoms with E-state index in [-0.39, 0.29) is 17.7 Å². The zero-order chi connectivity index (χ0) is 18.6. The molecule has 1 aliphatic carbocycles. The number of aromatic nitrogens is 4. The van der Waals surface area contributed by atoms with Gasteiger partial charge < -0.3 is 0 Å². The van der Waals surface area contributed by atoms with Gasteiger partial charge in [-0.05, 0) is 65.1 Å². The molecule has 8 heteroatoms. The molecule has 0 aliphatic heterocycles. The first kappa shape index (κ1) is 16.9. The van der Waals surface area contributed by atoms with Crippen molar-refractivity contribution in [2.75, 3.05) is 0 Å². The van der Waals surface area contributed by atoms with Crippen LogP contribution in [0.15, 0.2) is 54.9 Å². The fourth-order valence-corrected chi connectivity index (χ4v) is 3.35. The number of hydrogen-bond donors (Lipinski definition) is 2. The summed E-state index contributed by atoms with van der Waals surface area (Å²) >= 11 is 0. The molecule has 1 heterocycles. The van der Waals surface area contributed by atoms with Crippen LogP contribution in [-0.2, 0) is 11.2 Å². The Kier molecular flexibility index (Phi) is 4.61. The highest BCUT2D eigenvalue weighted by molar-refractivity contribution is 5.96. The van der Waals surface area contributed by atoms with E-state index in [4.69, 9.17) is 0 Å². The first-order chi connectivity index (χ1) is 13.2. The maximum absolute atomic E-state index is 12.6. The van der Waals surface area contributed by atoms with Crippen LogP contribution >= 0.6 is 0 Å². The summed E-state index contributed by atoms with van der Waals surface area (Å²) in [5.41, 5.74) is 8.46. The lowest BCUT2D eigenvalue weighted by Crippen LogP contribution is -2.44. The van der Waals surface area contributed by atoms with Gasteiger partial charge in [-0.15, -0.1) is 5.10 Å². The summed E-state index contributed by atoms with van der Waals surface area (Å²) in [7, 11) is 0. The second kappa shape index (κ2) is 7.36. The van der Waals surface area contributed by atoms with Gasteiger partial charge in [0, 0.05) is 5.56 Å². The highest BCUT2D eigenvalue weighted by Gasteiger charge is 2.26. The number of tetrazole rings is 1. The van der Waals surface area contributed by atoms with Crippen LogP contribution < -0.4 is 10.9 Å². The highest BCUT2D eigenvalue weighted by atomic mass is 16.2. The molecule has 3 aromatic rings. The summed E-state index contributed by atoms with van der Waals surface area (Å²) in [6.45, 7) is 0. The summed E-state index contributed by atoms with van der Waals surface area (Å²) in [5.74, 6) is -0.811. The Labute approximate surface area is 155 Å². The van der Waals surface area contributed by atoms with Gasteiger partial charge in [-0.25, -0.2) is 4.68 Å². The zero-order valence-electron chi connectivity index (χ0n) is 14.5. The third-order valence-corrected chi connectivity index (χ3v) is 4.73. The average molecular weight is 362 g/mol. The molecular formula is C19H18N6O2. The molecule has 0 bridgehead atoms. The van der Waals surface area contributed by atoms with E-state index >= 15 is 0 Å². The maximum atomic E-state index is 12.6. The minimum atomic E-state index is -0.379. The van der Waals surface area contributed by atoms with Crippen molar-refractivity contribution in [1.82, 2.24) is 31.1 Å². The standard InChI is InChI=1S/C19H18N6O2/c26-18(14-8-10-15(11-9-14)25-12-20-23-24-25)21-22-19(27)17-7-3-5-13-4-1-2-6-16(13)17/h1-2,4,6,8-12,17H,3,5,7H2,(H,21,26)(H,22,27). The third-order valence-electron chi connectivity index (χ3n) is 4.73. The predicted octanol–water partition coefficient (Wildman–Crippen LogP) is 1.54. The Morgan fingerprint density at radius 2 is 1.85 bits per heavy atom. The molecule has 1 aromatic heterocycles. The molecule has 0 saturated carbocycles. The smallest absolute Gasteiger partial charge is 0.269 e. The second-order valence-electron chi connectivity index (χ2n) is 6.39. The lowest BCUT2D eigenvalue weighted by molar-refractivity contribution is -0.123. The van der Waals surface area contributed by atoms with E-state index in [0.717, 1.165) is 30.5 Å². The van der Waals surface area contributed by atoms with Crippen LogP contribution in [0.4, 0.5) is 0 Å². The number of carbonyl (C=O) groups is 2. The van der Waals surface area contributed by atoms with Gasteiger partial charge in [-0.1, -0.05) is 24.3 Å². The summed E-state index contributed by atoms with van der Waals surface area (Å²) in [4.78, 5) is 24.9. The number of rotatable bonds is 3. The summed E-state index contributed by atoms with van der Waals surface area (Å²) in [5, 5.41) is 10.9. The molecule has 0 spiro atoms. The maximum Gasteiger partial charge on any atom is 0.269 e. The van der Waals surface area contributed by atoms with Crippen LogP contribution in [0.2, 0.25) is 0 Å². The molecule has 0 fully saturated rings. The largest absolute Gasteiger partial charge is 0.273 e. The van der Waals surface area contributed by atoms with E-state index in [9.17, 15) is 9.59 Å². The van der Waals surface area contributed by atoms with Crippen LogP contribution in [0.1, 0.15) is 40.2 Å². The van der Waals surface area contributed by atoms with Crippen molar-refractivity contribution in [3.05, 3.63) is 71.5 Å². The molecular weight excluding hydrogens is 344 g/mol.